The lowest BCUT2D eigenvalue weighted by Crippen LogP contribution is -2.23. The third kappa shape index (κ3) is 4.61. The second-order valence-corrected chi connectivity index (χ2v) is 8.11. The van der Waals surface area contributed by atoms with Crippen LogP contribution in [0.15, 0.2) is 71.2 Å². The van der Waals surface area contributed by atoms with E-state index in [1.54, 1.807) is 25.3 Å². The van der Waals surface area contributed by atoms with Crippen LogP contribution in [0.4, 0.5) is 9.52 Å². The molecule has 0 atom stereocenters. The Morgan fingerprint density at radius 1 is 1.20 bits per heavy atom. The molecule has 30 heavy (non-hydrogen) atoms. The molecule has 150 valence electrons. The zero-order valence-electron chi connectivity index (χ0n) is 15.9. The van der Waals surface area contributed by atoms with Crippen LogP contribution in [-0.2, 0) is 4.79 Å². The number of halogens is 1. The van der Waals surface area contributed by atoms with Gasteiger partial charge in [-0.2, -0.15) is 10.1 Å². The zero-order valence-corrected chi connectivity index (χ0v) is 17.5. The molecule has 2 aromatic carbocycles. The van der Waals surface area contributed by atoms with Crippen molar-refractivity contribution >= 4 is 56.2 Å². The molecule has 8 heteroatoms. The molecule has 0 bridgehead atoms. The van der Waals surface area contributed by atoms with Gasteiger partial charge in [0.05, 0.1) is 23.5 Å². The Morgan fingerprint density at radius 2 is 2.03 bits per heavy atom. The highest BCUT2D eigenvalue weighted by atomic mass is 32.1. The van der Waals surface area contributed by atoms with E-state index in [9.17, 15) is 9.18 Å². The van der Waals surface area contributed by atoms with E-state index in [2.05, 4.69) is 10.1 Å². The Labute approximate surface area is 180 Å². The lowest BCUT2D eigenvalue weighted by molar-refractivity contribution is -0.114. The Kier molecular flexibility index (Phi) is 5.97. The van der Waals surface area contributed by atoms with Crippen molar-refractivity contribution in [3.05, 3.63) is 82.3 Å². The van der Waals surface area contributed by atoms with Crippen molar-refractivity contribution < 1.29 is 13.9 Å². The maximum Gasteiger partial charge on any atom is 0.273 e. The van der Waals surface area contributed by atoms with Gasteiger partial charge in [-0.3, -0.25) is 4.79 Å². The largest absolute Gasteiger partial charge is 0.497 e. The van der Waals surface area contributed by atoms with E-state index < -0.39 is 0 Å². The summed E-state index contributed by atoms with van der Waals surface area (Å²) in [5.74, 6) is 0.0369. The van der Waals surface area contributed by atoms with Crippen LogP contribution in [0.1, 0.15) is 10.4 Å². The van der Waals surface area contributed by atoms with E-state index >= 15 is 0 Å². The fourth-order valence-corrected chi connectivity index (χ4v) is 4.17. The number of thiazole rings is 1. The average molecular weight is 438 g/mol. The number of carbonyl (C=O) groups is 1. The summed E-state index contributed by atoms with van der Waals surface area (Å²) >= 11 is 2.87. The molecule has 0 N–H and O–H groups in total. The molecule has 0 fully saturated rings. The van der Waals surface area contributed by atoms with Crippen molar-refractivity contribution in [2.75, 3.05) is 12.1 Å². The van der Waals surface area contributed by atoms with Crippen molar-refractivity contribution in [1.29, 1.82) is 0 Å². The van der Waals surface area contributed by atoms with Gasteiger partial charge in [0, 0.05) is 11.0 Å². The number of nitrogens with zero attached hydrogens (tertiary/aromatic N) is 3. The number of thiophene rings is 1. The second kappa shape index (κ2) is 8.98. The van der Waals surface area contributed by atoms with Crippen LogP contribution < -0.4 is 9.75 Å². The van der Waals surface area contributed by atoms with E-state index in [1.807, 2.05) is 35.7 Å². The Morgan fingerprint density at radius 3 is 2.77 bits per heavy atom. The molecule has 4 rings (SSSR count). The van der Waals surface area contributed by atoms with Crippen molar-refractivity contribution in [3.8, 4) is 5.75 Å². The standard InChI is InChI=1S/C22H16FN3O2S2/c1-28-17-8-10-19-20(13-17)30-22(25-19)26(21(27)11-9-18-3-2-12-29-18)24-14-15-4-6-16(23)7-5-15/h2-14H,1H3/b11-9+,24-14+. The van der Waals surface area contributed by atoms with Crippen LogP contribution in [0, 0.1) is 5.82 Å². The maximum atomic E-state index is 13.2. The predicted octanol–water partition coefficient (Wildman–Crippen LogP) is 5.59. The van der Waals surface area contributed by atoms with Crippen LogP contribution in [0.5, 0.6) is 5.75 Å². The summed E-state index contributed by atoms with van der Waals surface area (Å²) in [4.78, 5) is 18.4. The molecular formula is C22H16FN3O2S2. The first-order valence-corrected chi connectivity index (χ1v) is 10.6. The number of rotatable bonds is 6. The molecule has 4 aromatic rings. The minimum Gasteiger partial charge on any atom is -0.497 e. The van der Waals surface area contributed by atoms with Gasteiger partial charge in [-0.25, -0.2) is 9.37 Å². The van der Waals surface area contributed by atoms with E-state index in [0.29, 0.717) is 16.4 Å². The molecule has 2 heterocycles. The van der Waals surface area contributed by atoms with Gasteiger partial charge in [-0.15, -0.1) is 11.3 Å². The van der Waals surface area contributed by atoms with Gasteiger partial charge in [0.15, 0.2) is 0 Å². The Balaban J connectivity index is 1.68. The van der Waals surface area contributed by atoms with E-state index in [0.717, 1.165) is 15.1 Å². The third-order valence-electron chi connectivity index (χ3n) is 4.10. The van der Waals surface area contributed by atoms with Crippen molar-refractivity contribution in [3.63, 3.8) is 0 Å². The number of hydrogen-bond donors (Lipinski definition) is 0. The highest BCUT2D eigenvalue weighted by molar-refractivity contribution is 7.22. The number of hydrazone groups is 1. The lowest BCUT2D eigenvalue weighted by atomic mass is 10.2. The van der Waals surface area contributed by atoms with E-state index in [1.165, 1.54) is 52.1 Å². The van der Waals surface area contributed by atoms with Gasteiger partial charge in [-0.1, -0.05) is 29.5 Å². The van der Waals surface area contributed by atoms with E-state index in [4.69, 9.17) is 4.74 Å². The quantitative estimate of drug-likeness (QED) is 0.225. The van der Waals surface area contributed by atoms with Crippen LogP contribution in [-0.4, -0.2) is 24.2 Å². The number of carbonyl (C=O) groups excluding carboxylic acids is 1. The number of amides is 1. The van der Waals surface area contributed by atoms with Crippen LogP contribution in [0.25, 0.3) is 16.3 Å². The molecule has 0 unspecified atom stereocenters. The summed E-state index contributed by atoms with van der Waals surface area (Å²) in [7, 11) is 1.60. The van der Waals surface area contributed by atoms with E-state index in [-0.39, 0.29) is 11.7 Å². The zero-order chi connectivity index (χ0) is 20.9. The highest BCUT2D eigenvalue weighted by Crippen LogP contribution is 2.32. The van der Waals surface area contributed by atoms with Gasteiger partial charge in [0.1, 0.15) is 11.6 Å². The number of methoxy groups -OCH3 is 1. The monoisotopic (exact) mass is 437 g/mol. The molecule has 0 aliphatic carbocycles. The summed E-state index contributed by atoms with van der Waals surface area (Å²) in [6.07, 6.45) is 4.70. The highest BCUT2D eigenvalue weighted by Gasteiger charge is 2.17. The lowest BCUT2D eigenvalue weighted by Gasteiger charge is -2.11. The normalized spacial score (nSPS) is 11.5. The second-order valence-electron chi connectivity index (χ2n) is 6.13. The fraction of sp³-hybridized carbons (Fsp3) is 0.0455. The summed E-state index contributed by atoms with van der Waals surface area (Å²) in [5.41, 5.74) is 1.41. The minimum atomic E-state index is -0.340. The van der Waals surface area contributed by atoms with Crippen LogP contribution >= 0.6 is 22.7 Å². The Hall–Kier alpha value is -3.36. The molecule has 1 amide bonds. The summed E-state index contributed by atoms with van der Waals surface area (Å²) in [6, 6.07) is 15.2. The van der Waals surface area contributed by atoms with Gasteiger partial charge in [0.25, 0.3) is 5.91 Å². The molecule has 0 saturated carbocycles. The van der Waals surface area contributed by atoms with Crippen LogP contribution in [0.2, 0.25) is 0 Å². The van der Waals surface area contributed by atoms with Crippen LogP contribution in [0.3, 0.4) is 0 Å². The molecule has 5 nitrogen and oxygen atoms in total. The van der Waals surface area contributed by atoms with Crippen molar-refractivity contribution in [2.45, 2.75) is 0 Å². The molecule has 0 saturated heterocycles. The first-order chi connectivity index (χ1) is 14.6. The topological polar surface area (TPSA) is 54.8 Å². The first-order valence-electron chi connectivity index (χ1n) is 8.92. The predicted molar refractivity (Wildman–Crippen MR) is 121 cm³/mol. The number of fused-ring (bicyclic) bond motifs is 1. The molecule has 2 aromatic heterocycles. The summed E-state index contributed by atoms with van der Waals surface area (Å²) in [6.45, 7) is 0. The third-order valence-corrected chi connectivity index (χ3v) is 5.93. The number of aromatic nitrogens is 1. The smallest absolute Gasteiger partial charge is 0.273 e. The summed E-state index contributed by atoms with van der Waals surface area (Å²) in [5, 5.41) is 7.95. The Bertz CT molecular complexity index is 1220. The SMILES string of the molecule is COc1ccc2nc(N(/N=C/c3ccc(F)cc3)C(=O)/C=C/c3cccs3)sc2c1. The number of ether oxygens (including phenoxy) is 1. The first kappa shape index (κ1) is 19.9. The number of hydrogen-bond acceptors (Lipinski definition) is 6. The van der Waals surface area contributed by atoms with Gasteiger partial charge in [0.2, 0.25) is 5.13 Å². The van der Waals surface area contributed by atoms with Gasteiger partial charge >= 0.3 is 0 Å². The van der Waals surface area contributed by atoms with Gasteiger partial charge in [-0.05, 0) is 53.4 Å². The average Bonchev–Trinajstić information content (AvgIpc) is 3.42. The summed E-state index contributed by atoms with van der Waals surface area (Å²) < 4.78 is 19.3. The van der Waals surface area contributed by atoms with Crippen molar-refractivity contribution in [1.82, 2.24) is 4.98 Å². The minimum absolute atomic E-state index is 0.334. The maximum absolute atomic E-state index is 13.2. The fourth-order valence-electron chi connectivity index (χ4n) is 2.59. The van der Waals surface area contributed by atoms with Crippen molar-refractivity contribution in [2.24, 2.45) is 5.10 Å². The molecule has 0 aliphatic heterocycles. The molecular weight excluding hydrogens is 421 g/mol. The number of benzene rings is 2. The molecule has 0 aliphatic rings. The molecule has 0 radical (unpaired) electrons. The number of anilines is 1. The molecule has 0 spiro atoms. The van der Waals surface area contributed by atoms with Gasteiger partial charge < -0.3 is 4.74 Å².